The maximum Gasteiger partial charge on any atom is 0.342 e. The first kappa shape index (κ1) is 21.9. The Morgan fingerprint density at radius 3 is 2.23 bits per heavy atom. The fourth-order valence-electron chi connectivity index (χ4n) is 3.55. The van der Waals surface area contributed by atoms with Gasteiger partial charge in [-0.2, -0.15) is 0 Å². The summed E-state index contributed by atoms with van der Waals surface area (Å²) in [5.41, 5.74) is 3.24. The Labute approximate surface area is 177 Å². The van der Waals surface area contributed by atoms with Gasteiger partial charge in [0.1, 0.15) is 22.7 Å². The predicted octanol–water partition coefficient (Wildman–Crippen LogP) is 1.66. The van der Waals surface area contributed by atoms with Gasteiger partial charge in [-0.3, -0.25) is 9.59 Å². The minimum absolute atomic E-state index is 0.125. The fraction of sp³-hybridized carbons (Fsp3) is 0.333. The lowest BCUT2D eigenvalue weighted by molar-refractivity contribution is -0.134. The van der Waals surface area contributed by atoms with Crippen LogP contribution >= 0.6 is 0 Å². The molecule has 1 fully saturated rings. The molecule has 1 saturated heterocycles. The number of nitrogens with one attached hydrogen (secondary N) is 1. The molecule has 0 aliphatic carbocycles. The molecule has 164 valence electrons. The van der Waals surface area contributed by atoms with E-state index in [9.17, 15) is 29.4 Å². The zero-order valence-electron chi connectivity index (χ0n) is 16.9. The first-order valence-electron chi connectivity index (χ1n) is 9.72. The number of aromatic nitrogens is 1. The zero-order valence-corrected chi connectivity index (χ0v) is 16.9. The quantitative estimate of drug-likeness (QED) is 0.538. The number of H-pyrrole nitrogens is 1. The van der Waals surface area contributed by atoms with Crippen molar-refractivity contribution < 1.29 is 29.3 Å². The van der Waals surface area contributed by atoms with E-state index in [1.165, 1.54) is 24.3 Å². The van der Waals surface area contributed by atoms with Crippen LogP contribution in [-0.2, 0) is 4.79 Å². The molecule has 1 aromatic carbocycles. The molecule has 2 aromatic rings. The van der Waals surface area contributed by atoms with Crippen molar-refractivity contribution in [2.24, 2.45) is 5.92 Å². The Hall–Kier alpha value is -3.82. The summed E-state index contributed by atoms with van der Waals surface area (Å²) in [6.45, 7) is 3.40. The molecule has 1 aliphatic rings. The third kappa shape index (κ3) is 4.68. The molecule has 1 aromatic heterocycles. The minimum Gasteiger partial charge on any atom is -0.484 e. The Kier molecular flexibility index (Phi) is 6.28. The van der Waals surface area contributed by atoms with Gasteiger partial charge in [-0.1, -0.05) is 19.1 Å². The highest BCUT2D eigenvalue weighted by molar-refractivity contribution is 6.07. The molecule has 0 unspecified atom stereocenters. The van der Waals surface area contributed by atoms with E-state index in [4.69, 9.17) is 10.5 Å². The van der Waals surface area contributed by atoms with E-state index in [0.29, 0.717) is 24.8 Å². The van der Waals surface area contributed by atoms with Gasteiger partial charge < -0.3 is 30.6 Å². The molecule has 10 heteroatoms. The second-order valence-electron chi connectivity index (χ2n) is 7.48. The van der Waals surface area contributed by atoms with E-state index < -0.39 is 34.4 Å². The summed E-state index contributed by atoms with van der Waals surface area (Å²) < 4.78 is 5.53. The number of nitrogens with zero attached hydrogens (tertiary/aromatic N) is 1. The zero-order chi connectivity index (χ0) is 22.7. The molecule has 0 atom stereocenters. The van der Waals surface area contributed by atoms with Gasteiger partial charge in [0, 0.05) is 18.7 Å². The average molecular weight is 429 g/mol. The molecule has 31 heavy (non-hydrogen) atoms. The molecule has 0 saturated carbocycles. The van der Waals surface area contributed by atoms with Crippen LogP contribution in [0.25, 0.3) is 11.1 Å². The van der Waals surface area contributed by atoms with Gasteiger partial charge in [0.25, 0.3) is 11.5 Å². The number of carboxylic acids is 2. The number of rotatable bonds is 6. The van der Waals surface area contributed by atoms with Gasteiger partial charge in [0.15, 0.2) is 6.61 Å². The fourth-order valence-corrected chi connectivity index (χ4v) is 3.55. The number of benzene rings is 1. The Morgan fingerprint density at radius 1 is 1.10 bits per heavy atom. The third-order valence-electron chi connectivity index (χ3n) is 5.31. The number of nitrogen functional groups attached to an aromatic ring is 1. The first-order chi connectivity index (χ1) is 14.7. The summed E-state index contributed by atoms with van der Waals surface area (Å²) in [6, 6.07) is 5.76. The molecule has 3 rings (SSSR count). The standard InChI is InChI=1S/C21H23N3O7/c1-11-6-8-24(9-7-11)14(25)10-31-13-4-2-12(3-5-13)15-16(20(27)28)18(22)23-19(26)17(15)21(29)30/h2-5,11H,6-10H2,1H3,(H,27,28)(H,29,30)(H3,22,23,26). The molecular weight excluding hydrogens is 406 g/mol. The van der Waals surface area contributed by atoms with Gasteiger partial charge in [-0.15, -0.1) is 0 Å². The monoisotopic (exact) mass is 429 g/mol. The number of aromatic carboxylic acids is 2. The van der Waals surface area contributed by atoms with Crippen LogP contribution in [0.4, 0.5) is 5.82 Å². The number of amides is 1. The van der Waals surface area contributed by atoms with Crippen molar-refractivity contribution in [3.8, 4) is 16.9 Å². The van der Waals surface area contributed by atoms with Crippen LogP contribution in [0.5, 0.6) is 5.75 Å². The number of aromatic amines is 1. The lowest BCUT2D eigenvalue weighted by Crippen LogP contribution is -2.40. The van der Waals surface area contributed by atoms with Crippen LogP contribution < -0.4 is 16.0 Å². The number of anilines is 1. The summed E-state index contributed by atoms with van der Waals surface area (Å²) in [5, 5.41) is 18.9. The number of pyridine rings is 1. The van der Waals surface area contributed by atoms with Gasteiger partial charge in [-0.25, -0.2) is 9.59 Å². The van der Waals surface area contributed by atoms with Crippen molar-refractivity contribution in [1.82, 2.24) is 9.88 Å². The molecular formula is C21H23N3O7. The number of hydrogen-bond donors (Lipinski definition) is 4. The maximum absolute atomic E-state index is 12.3. The number of piperidine rings is 1. The number of carboxylic acid groups (broad SMARTS) is 2. The number of hydrogen-bond acceptors (Lipinski definition) is 6. The van der Waals surface area contributed by atoms with E-state index in [0.717, 1.165) is 12.8 Å². The van der Waals surface area contributed by atoms with Crippen LogP contribution in [0.15, 0.2) is 29.1 Å². The maximum atomic E-state index is 12.3. The first-order valence-corrected chi connectivity index (χ1v) is 9.72. The lowest BCUT2D eigenvalue weighted by Gasteiger charge is -2.30. The van der Waals surface area contributed by atoms with Crippen molar-refractivity contribution >= 4 is 23.7 Å². The average Bonchev–Trinajstić information content (AvgIpc) is 2.71. The molecule has 10 nitrogen and oxygen atoms in total. The van der Waals surface area contributed by atoms with Crippen LogP contribution in [0.3, 0.4) is 0 Å². The lowest BCUT2D eigenvalue weighted by atomic mass is 9.95. The normalized spacial score (nSPS) is 14.3. The largest absolute Gasteiger partial charge is 0.484 e. The predicted molar refractivity (Wildman–Crippen MR) is 111 cm³/mol. The molecule has 0 spiro atoms. The van der Waals surface area contributed by atoms with Crippen molar-refractivity contribution in [2.45, 2.75) is 19.8 Å². The highest BCUT2D eigenvalue weighted by Crippen LogP contribution is 2.30. The van der Waals surface area contributed by atoms with E-state index in [1.54, 1.807) is 4.90 Å². The van der Waals surface area contributed by atoms with Gasteiger partial charge >= 0.3 is 11.9 Å². The number of likely N-dealkylation sites (tertiary alicyclic amines) is 1. The van der Waals surface area contributed by atoms with Crippen molar-refractivity contribution in [2.75, 3.05) is 25.4 Å². The van der Waals surface area contributed by atoms with Crippen molar-refractivity contribution in [3.05, 3.63) is 45.7 Å². The van der Waals surface area contributed by atoms with Gasteiger partial charge in [0.05, 0.1) is 0 Å². The molecule has 2 heterocycles. The molecule has 0 radical (unpaired) electrons. The van der Waals surface area contributed by atoms with Gasteiger partial charge in [-0.05, 0) is 36.5 Å². The Bertz CT molecular complexity index is 1070. The third-order valence-corrected chi connectivity index (χ3v) is 5.31. The SMILES string of the molecule is CC1CCN(C(=O)COc2ccc(-c3c(C(=O)O)c(N)[nH]c(=O)c3C(=O)O)cc2)CC1. The second-order valence-corrected chi connectivity index (χ2v) is 7.48. The highest BCUT2D eigenvalue weighted by atomic mass is 16.5. The summed E-state index contributed by atoms with van der Waals surface area (Å²) in [4.78, 5) is 51.4. The molecule has 0 bridgehead atoms. The number of carbonyl (C=O) groups is 3. The summed E-state index contributed by atoms with van der Waals surface area (Å²) >= 11 is 0. The Morgan fingerprint density at radius 2 is 1.68 bits per heavy atom. The molecule has 1 aliphatic heterocycles. The summed E-state index contributed by atoms with van der Waals surface area (Å²) in [6.07, 6.45) is 1.91. The molecule has 1 amide bonds. The second kappa shape index (κ2) is 8.90. The van der Waals surface area contributed by atoms with Crippen LogP contribution in [0, 0.1) is 5.92 Å². The van der Waals surface area contributed by atoms with E-state index in [1.807, 2.05) is 0 Å². The highest BCUT2D eigenvalue weighted by Gasteiger charge is 2.26. The summed E-state index contributed by atoms with van der Waals surface area (Å²) in [5.74, 6) is -2.69. The van der Waals surface area contributed by atoms with E-state index >= 15 is 0 Å². The van der Waals surface area contributed by atoms with E-state index in [-0.39, 0.29) is 23.6 Å². The van der Waals surface area contributed by atoms with Crippen LogP contribution in [0.2, 0.25) is 0 Å². The topological polar surface area (TPSA) is 163 Å². The number of ether oxygens (including phenoxy) is 1. The smallest absolute Gasteiger partial charge is 0.342 e. The molecule has 5 N–H and O–H groups in total. The van der Waals surface area contributed by atoms with Crippen LogP contribution in [0.1, 0.15) is 40.5 Å². The van der Waals surface area contributed by atoms with Gasteiger partial charge in [0.2, 0.25) is 0 Å². The number of nitrogens with two attached hydrogens (primary N) is 1. The van der Waals surface area contributed by atoms with Crippen molar-refractivity contribution in [1.29, 1.82) is 0 Å². The van der Waals surface area contributed by atoms with Crippen molar-refractivity contribution in [3.63, 3.8) is 0 Å². The minimum atomic E-state index is -1.58. The summed E-state index contributed by atoms with van der Waals surface area (Å²) in [7, 11) is 0. The number of carbonyl (C=O) groups excluding carboxylic acids is 1. The van der Waals surface area contributed by atoms with E-state index in [2.05, 4.69) is 11.9 Å². The Balaban J connectivity index is 1.83. The van der Waals surface area contributed by atoms with Crippen LogP contribution in [-0.4, -0.2) is 57.6 Å².